The van der Waals surface area contributed by atoms with Gasteiger partial charge in [-0.15, -0.1) is 0 Å². The van der Waals surface area contributed by atoms with Crippen LogP contribution in [-0.2, 0) is 9.59 Å². The number of amides is 1. The zero-order chi connectivity index (χ0) is 12.3. The molecule has 3 N–H and O–H groups in total. The highest BCUT2D eigenvalue weighted by Gasteiger charge is 2.35. The molecule has 6 heteroatoms. The van der Waals surface area contributed by atoms with E-state index < -0.39 is 18.1 Å². The first-order valence-corrected chi connectivity index (χ1v) is 6.47. The molecule has 1 saturated heterocycles. The molecule has 0 aromatic rings. The molecule has 0 bridgehead atoms. The summed E-state index contributed by atoms with van der Waals surface area (Å²) in [4.78, 5) is 24.4. The number of carboxylic acid groups (broad SMARTS) is 1. The molecule has 1 rings (SSSR count). The summed E-state index contributed by atoms with van der Waals surface area (Å²) in [6.45, 7) is 4.19. The maximum atomic E-state index is 12.0. The van der Waals surface area contributed by atoms with Gasteiger partial charge < -0.3 is 15.7 Å². The predicted molar refractivity (Wildman–Crippen MR) is 63.3 cm³/mol. The van der Waals surface area contributed by atoms with E-state index in [0.29, 0.717) is 12.3 Å². The number of nitrogens with zero attached hydrogens (tertiary/aromatic N) is 1. The summed E-state index contributed by atoms with van der Waals surface area (Å²) < 4.78 is 0. The second-order valence-electron chi connectivity index (χ2n) is 4.23. The molecule has 16 heavy (non-hydrogen) atoms. The van der Waals surface area contributed by atoms with Crippen LogP contribution in [0.25, 0.3) is 0 Å². The number of rotatable bonds is 3. The Morgan fingerprint density at radius 3 is 2.62 bits per heavy atom. The van der Waals surface area contributed by atoms with E-state index in [2.05, 4.69) is 0 Å². The van der Waals surface area contributed by atoms with E-state index in [9.17, 15) is 9.59 Å². The van der Waals surface area contributed by atoms with Crippen LogP contribution in [0, 0.1) is 5.92 Å². The lowest BCUT2D eigenvalue weighted by molar-refractivity contribution is -0.150. The summed E-state index contributed by atoms with van der Waals surface area (Å²) in [5, 5.41) is 9.03. The van der Waals surface area contributed by atoms with Crippen LogP contribution in [0.4, 0.5) is 0 Å². The third-order valence-electron chi connectivity index (χ3n) is 2.70. The Morgan fingerprint density at radius 1 is 1.50 bits per heavy atom. The quantitative estimate of drug-likeness (QED) is 0.732. The van der Waals surface area contributed by atoms with Gasteiger partial charge in [0.25, 0.3) is 0 Å². The van der Waals surface area contributed by atoms with E-state index in [4.69, 9.17) is 10.8 Å². The Morgan fingerprint density at radius 2 is 2.12 bits per heavy atom. The molecule has 0 aromatic carbocycles. The average molecular weight is 246 g/mol. The van der Waals surface area contributed by atoms with Crippen LogP contribution in [0.3, 0.4) is 0 Å². The average Bonchev–Trinajstić information content (AvgIpc) is 2.26. The molecule has 1 unspecified atom stereocenters. The molecule has 1 heterocycles. The van der Waals surface area contributed by atoms with Crippen LogP contribution in [0.1, 0.15) is 13.8 Å². The molecule has 0 aromatic heterocycles. The van der Waals surface area contributed by atoms with E-state index in [1.807, 2.05) is 13.8 Å². The van der Waals surface area contributed by atoms with E-state index in [1.165, 1.54) is 4.90 Å². The highest BCUT2D eigenvalue weighted by atomic mass is 32.2. The van der Waals surface area contributed by atoms with Gasteiger partial charge in [0.1, 0.15) is 6.04 Å². The molecule has 1 aliphatic heterocycles. The van der Waals surface area contributed by atoms with Gasteiger partial charge in [0.15, 0.2) is 0 Å². The summed E-state index contributed by atoms with van der Waals surface area (Å²) >= 11 is 1.56. The van der Waals surface area contributed by atoms with Crippen molar-refractivity contribution < 1.29 is 14.7 Å². The SMILES string of the molecule is CC(C)[C@@H](N)C(=O)N1CCSCC1C(=O)O. The van der Waals surface area contributed by atoms with Gasteiger partial charge in [-0.1, -0.05) is 13.8 Å². The fraction of sp³-hybridized carbons (Fsp3) is 0.800. The second kappa shape index (κ2) is 5.54. The fourth-order valence-electron chi connectivity index (χ4n) is 1.55. The van der Waals surface area contributed by atoms with Crippen LogP contribution in [0.15, 0.2) is 0 Å². The minimum absolute atomic E-state index is 0.0246. The van der Waals surface area contributed by atoms with Gasteiger partial charge in [-0.05, 0) is 5.92 Å². The van der Waals surface area contributed by atoms with Crippen molar-refractivity contribution in [2.75, 3.05) is 18.1 Å². The highest BCUT2D eigenvalue weighted by molar-refractivity contribution is 7.99. The topological polar surface area (TPSA) is 83.6 Å². The Balaban J connectivity index is 2.75. The van der Waals surface area contributed by atoms with Gasteiger partial charge in [-0.25, -0.2) is 4.79 Å². The standard InChI is InChI=1S/C10H18N2O3S/c1-6(2)8(11)9(13)12-3-4-16-5-7(12)10(14)15/h6-8H,3-5,11H2,1-2H3,(H,14,15)/t7?,8-/m1/s1. The number of hydrogen-bond donors (Lipinski definition) is 2. The van der Waals surface area contributed by atoms with Crippen molar-refractivity contribution >= 4 is 23.6 Å². The molecule has 0 spiro atoms. The number of nitrogens with two attached hydrogens (primary N) is 1. The van der Waals surface area contributed by atoms with E-state index in [0.717, 1.165) is 5.75 Å². The molecule has 2 atom stereocenters. The monoisotopic (exact) mass is 246 g/mol. The number of thioether (sulfide) groups is 1. The maximum absolute atomic E-state index is 12.0. The van der Waals surface area contributed by atoms with E-state index in [-0.39, 0.29) is 11.8 Å². The molecule has 1 aliphatic rings. The van der Waals surface area contributed by atoms with Crippen molar-refractivity contribution in [3.8, 4) is 0 Å². The van der Waals surface area contributed by atoms with Crippen LogP contribution >= 0.6 is 11.8 Å². The van der Waals surface area contributed by atoms with Crippen molar-refractivity contribution in [3.05, 3.63) is 0 Å². The van der Waals surface area contributed by atoms with Crippen LogP contribution in [0.5, 0.6) is 0 Å². The predicted octanol–water partition coefficient (Wildman–Crippen LogP) is -0.00170. The van der Waals surface area contributed by atoms with Gasteiger partial charge in [0, 0.05) is 18.1 Å². The number of carbonyl (C=O) groups excluding carboxylic acids is 1. The molecule has 1 amide bonds. The first-order chi connectivity index (χ1) is 7.45. The molecule has 0 aliphatic carbocycles. The largest absolute Gasteiger partial charge is 0.480 e. The van der Waals surface area contributed by atoms with E-state index in [1.54, 1.807) is 11.8 Å². The number of hydrogen-bond acceptors (Lipinski definition) is 4. The molecule has 92 valence electrons. The molecule has 1 fully saturated rings. The fourth-order valence-corrected chi connectivity index (χ4v) is 2.59. The van der Waals surface area contributed by atoms with Crippen molar-refractivity contribution in [1.82, 2.24) is 4.90 Å². The second-order valence-corrected chi connectivity index (χ2v) is 5.38. The van der Waals surface area contributed by atoms with Crippen molar-refractivity contribution in [2.45, 2.75) is 25.9 Å². The third-order valence-corrected chi connectivity index (χ3v) is 3.72. The van der Waals surface area contributed by atoms with Crippen LogP contribution < -0.4 is 5.73 Å². The summed E-state index contributed by atoms with van der Waals surface area (Å²) in [6, 6.07) is -1.33. The first-order valence-electron chi connectivity index (χ1n) is 5.31. The molecule has 0 saturated carbocycles. The summed E-state index contributed by atoms with van der Waals surface area (Å²) in [5.74, 6) is 0.0578. The van der Waals surface area contributed by atoms with Crippen LogP contribution in [-0.4, -0.2) is 52.0 Å². The summed E-state index contributed by atoms with van der Waals surface area (Å²) in [5.41, 5.74) is 5.76. The summed E-state index contributed by atoms with van der Waals surface area (Å²) in [7, 11) is 0. The lowest BCUT2D eigenvalue weighted by atomic mass is 10.0. The van der Waals surface area contributed by atoms with Gasteiger partial charge in [0.05, 0.1) is 6.04 Å². The number of aliphatic carboxylic acids is 1. The maximum Gasteiger partial charge on any atom is 0.327 e. The normalized spacial score (nSPS) is 23.2. The Kier molecular flexibility index (Phi) is 4.61. The van der Waals surface area contributed by atoms with Gasteiger partial charge in [-0.3, -0.25) is 4.79 Å². The highest BCUT2D eigenvalue weighted by Crippen LogP contribution is 2.18. The lowest BCUT2D eigenvalue weighted by Gasteiger charge is -2.35. The number of carboxylic acids is 1. The van der Waals surface area contributed by atoms with Crippen molar-refractivity contribution in [3.63, 3.8) is 0 Å². The zero-order valence-electron chi connectivity index (χ0n) is 9.55. The Bertz CT molecular complexity index is 283. The Hall–Kier alpha value is -0.750. The minimum Gasteiger partial charge on any atom is -0.480 e. The third kappa shape index (κ3) is 2.89. The summed E-state index contributed by atoms with van der Waals surface area (Å²) in [6.07, 6.45) is 0. The van der Waals surface area contributed by atoms with Gasteiger partial charge in [-0.2, -0.15) is 11.8 Å². The first kappa shape index (κ1) is 13.3. The van der Waals surface area contributed by atoms with Crippen LogP contribution in [0.2, 0.25) is 0 Å². The minimum atomic E-state index is -0.948. The Labute approximate surface area is 99.4 Å². The lowest BCUT2D eigenvalue weighted by Crippen LogP contribution is -2.56. The van der Waals surface area contributed by atoms with Gasteiger partial charge in [0.2, 0.25) is 5.91 Å². The molecular formula is C10H18N2O3S. The van der Waals surface area contributed by atoms with E-state index >= 15 is 0 Å². The molecular weight excluding hydrogens is 228 g/mol. The van der Waals surface area contributed by atoms with Crippen molar-refractivity contribution in [2.24, 2.45) is 11.7 Å². The molecule has 5 nitrogen and oxygen atoms in total. The van der Waals surface area contributed by atoms with Crippen molar-refractivity contribution in [1.29, 1.82) is 0 Å². The number of carbonyl (C=O) groups is 2. The molecule has 0 radical (unpaired) electrons. The van der Waals surface area contributed by atoms with Gasteiger partial charge >= 0.3 is 5.97 Å². The smallest absolute Gasteiger partial charge is 0.327 e. The zero-order valence-corrected chi connectivity index (χ0v) is 10.4.